The summed E-state index contributed by atoms with van der Waals surface area (Å²) in [6.45, 7) is 5.94. The molecule has 2 aliphatic rings. The summed E-state index contributed by atoms with van der Waals surface area (Å²) in [5.41, 5.74) is 2.72. The summed E-state index contributed by atoms with van der Waals surface area (Å²) in [5.74, 6) is -0.167. The molecule has 1 heterocycles. The standard InChI is InChI=1S/C22H29ClN2O3S/c1-12-8-13(2)25-22(28)19(12)11-24-21(27)18-9-15(23)10-20(14(18)3)29-17-6-4-16(26)5-7-17/h8-10,14,16-17,20,26H,4-7,11H2,1-3H3,(H,24,27)(H,25,28). The molecule has 1 saturated carbocycles. The molecule has 0 saturated heterocycles. The Kier molecular flexibility index (Phi) is 7.30. The van der Waals surface area contributed by atoms with Crippen LogP contribution in [0.4, 0.5) is 0 Å². The van der Waals surface area contributed by atoms with Crippen molar-refractivity contribution in [2.24, 2.45) is 5.92 Å². The number of aromatic amines is 1. The molecule has 1 fully saturated rings. The number of nitrogens with one attached hydrogen (secondary N) is 2. The zero-order valence-corrected chi connectivity index (χ0v) is 18.7. The van der Waals surface area contributed by atoms with Crippen molar-refractivity contribution in [3.05, 3.63) is 56.0 Å². The van der Waals surface area contributed by atoms with Gasteiger partial charge in [-0.15, -0.1) is 0 Å². The molecule has 0 aromatic carbocycles. The first kappa shape index (κ1) is 22.2. The highest BCUT2D eigenvalue weighted by atomic mass is 35.5. The van der Waals surface area contributed by atoms with Crippen LogP contribution in [0, 0.1) is 19.8 Å². The number of aliphatic hydroxyl groups excluding tert-OH is 1. The van der Waals surface area contributed by atoms with Crippen molar-refractivity contribution in [1.29, 1.82) is 0 Å². The van der Waals surface area contributed by atoms with Gasteiger partial charge in [-0.3, -0.25) is 9.59 Å². The van der Waals surface area contributed by atoms with Crippen LogP contribution in [0.2, 0.25) is 0 Å². The third-order valence-electron chi connectivity index (χ3n) is 5.78. The van der Waals surface area contributed by atoms with Gasteiger partial charge in [-0.25, -0.2) is 0 Å². The highest BCUT2D eigenvalue weighted by Gasteiger charge is 2.31. The van der Waals surface area contributed by atoms with Crippen LogP contribution in [-0.2, 0) is 11.3 Å². The van der Waals surface area contributed by atoms with Crippen LogP contribution in [0.25, 0.3) is 0 Å². The van der Waals surface area contributed by atoms with Gasteiger partial charge in [-0.05, 0) is 57.2 Å². The third-order valence-corrected chi connectivity index (χ3v) is 7.73. The van der Waals surface area contributed by atoms with Gasteiger partial charge in [0.1, 0.15) is 0 Å². The Morgan fingerprint density at radius 3 is 2.66 bits per heavy atom. The molecule has 5 nitrogen and oxygen atoms in total. The van der Waals surface area contributed by atoms with E-state index in [1.54, 1.807) is 6.08 Å². The lowest BCUT2D eigenvalue weighted by molar-refractivity contribution is -0.118. The van der Waals surface area contributed by atoms with Gasteiger partial charge < -0.3 is 15.4 Å². The summed E-state index contributed by atoms with van der Waals surface area (Å²) in [4.78, 5) is 27.8. The minimum absolute atomic E-state index is 0.0201. The molecule has 0 spiro atoms. The topological polar surface area (TPSA) is 82.2 Å². The number of carbonyl (C=O) groups excluding carboxylic acids is 1. The predicted octanol–water partition coefficient (Wildman–Crippen LogP) is 3.71. The lowest BCUT2D eigenvalue weighted by Crippen LogP contribution is -2.34. The zero-order valence-electron chi connectivity index (χ0n) is 17.1. The highest BCUT2D eigenvalue weighted by molar-refractivity contribution is 8.00. The molecule has 2 aliphatic carbocycles. The Labute approximate surface area is 181 Å². The smallest absolute Gasteiger partial charge is 0.253 e. The van der Waals surface area contributed by atoms with E-state index in [2.05, 4.69) is 10.3 Å². The maximum Gasteiger partial charge on any atom is 0.253 e. The van der Waals surface area contributed by atoms with Gasteiger partial charge in [0.15, 0.2) is 0 Å². The third kappa shape index (κ3) is 5.56. The number of carbonyl (C=O) groups is 1. The summed E-state index contributed by atoms with van der Waals surface area (Å²) in [6.07, 6.45) is 7.23. The lowest BCUT2D eigenvalue weighted by Gasteiger charge is -2.32. The van der Waals surface area contributed by atoms with E-state index >= 15 is 0 Å². The fourth-order valence-electron chi connectivity index (χ4n) is 4.01. The van der Waals surface area contributed by atoms with Crippen molar-refractivity contribution in [2.45, 2.75) is 69.6 Å². The van der Waals surface area contributed by atoms with E-state index in [1.807, 2.05) is 44.7 Å². The summed E-state index contributed by atoms with van der Waals surface area (Å²) < 4.78 is 0. The first-order chi connectivity index (χ1) is 13.7. The van der Waals surface area contributed by atoms with Crippen molar-refractivity contribution >= 4 is 29.3 Å². The fourth-order valence-corrected chi connectivity index (χ4v) is 5.94. The molecule has 3 rings (SSSR count). The van der Waals surface area contributed by atoms with Crippen LogP contribution in [0.15, 0.2) is 33.6 Å². The van der Waals surface area contributed by atoms with E-state index in [9.17, 15) is 14.7 Å². The van der Waals surface area contributed by atoms with Gasteiger partial charge in [0.2, 0.25) is 5.91 Å². The van der Waals surface area contributed by atoms with Crippen molar-refractivity contribution in [2.75, 3.05) is 0 Å². The maximum absolute atomic E-state index is 12.9. The Morgan fingerprint density at radius 1 is 1.31 bits per heavy atom. The fraction of sp³-hybridized carbons (Fsp3) is 0.545. The Hall–Kier alpha value is -1.50. The number of allylic oxidation sites excluding steroid dienone is 2. The molecule has 29 heavy (non-hydrogen) atoms. The summed E-state index contributed by atoms with van der Waals surface area (Å²) in [7, 11) is 0. The summed E-state index contributed by atoms with van der Waals surface area (Å²) >= 11 is 8.19. The molecule has 1 aromatic heterocycles. The number of hydrogen-bond donors (Lipinski definition) is 3. The lowest BCUT2D eigenvalue weighted by atomic mass is 9.92. The van der Waals surface area contributed by atoms with E-state index in [1.165, 1.54) is 0 Å². The average Bonchev–Trinajstić information content (AvgIpc) is 2.65. The second-order valence-corrected chi connectivity index (χ2v) is 10.0. The number of halogens is 1. The molecule has 2 atom stereocenters. The van der Waals surface area contributed by atoms with Gasteiger partial charge >= 0.3 is 0 Å². The molecule has 3 N–H and O–H groups in total. The Balaban J connectivity index is 1.65. The molecule has 0 aliphatic heterocycles. The van der Waals surface area contributed by atoms with Crippen LogP contribution >= 0.6 is 23.4 Å². The van der Waals surface area contributed by atoms with Crippen LogP contribution in [0.1, 0.15) is 49.4 Å². The summed E-state index contributed by atoms with van der Waals surface area (Å²) in [6, 6.07) is 1.90. The number of thioether (sulfide) groups is 1. The van der Waals surface area contributed by atoms with E-state index in [0.717, 1.165) is 36.9 Å². The quantitative estimate of drug-likeness (QED) is 0.657. The first-order valence-electron chi connectivity index (χ1n) is 10.1. The monoisotopic (exact) mass is 436 g/mol. The van der Waals surface area contributed by atoms with Crippen molar-refractivity contribution < 1.29 is 9.90 Å². The minimum atomic E-state index is -0.187. The van der Waals surface area contributed by atoms with Gasteiger partial charge in [0.25, 0.3) is 5.56 Å². The number of rotatable bonds is 5. The number of aliphatic hydroxyl groups is 1. The molecule has 1 amide bonds. The van der Waals surface area contributed by atoms with E-state index < -0.39 is 0 Å². The number of amides is 1. The van der Waals surface area contributed by atoms with Crippen LogP contribution in [0.5, 0.6) is 0 Å². The van der Waals surface area contributed by atoms with Crippen molar-refractivity contribution in [3.8, 4) is 0 Å². The van der Waals surface area contributed by atoms with E-state index in [-0.39, 0.29) is 35.3 Å². The number of pyridine rings is 1. The Bertz CT molecular complexity index is 885. The largest absolute Gasteiger partial charge is 0.393 e. The van der Waals surface area contributed by atoms with Crippen molar-refractivity contribution in [3.63, 3.8) is 0 Å². The second-order valence-electron chi connectivity index (χ2n) is 8.10. The molecular formula is C22H29ClN2O3S. The first-order valence-corrected chi connectivity index (χ1v) is 11.5. The van der Waals surface area contributed by atoms with Crippen LogP contribution < -0.4 is 10.9 Å². The van der Waals surface area contributed by atoms with E-state index in [4.69, 9.17) is 11.6 Å². The molecule has 158 valence electrons. The van der Waals surface area contributed by atoms with Gasteiger partial charge in [-0.1, -0.05) is 24.6 Å². The average molecular weight is 437 g/mol. The number of aromatic nitrogens is 1. The predicted molar refractivity (Wildman–Crippen MR) is 119 cm³/mol. The van der Waals surface area contributed by atoms with Gasteiger partial charge in [0, 0.05) is 44.8 Å². The van der Waals surface area contributed by atoms with Crippen LogP contribution in [-0.4, -0.2) is 32.6 Å². The normalized spacial score (nSPS) is 27.2. The number of H-pyrrole nitrogens is 1. The number of hydrogen-bond acceptors (Lipinski definition) is 4. The van der Waals surface area contributed by atoms with Crippen molar-refractivity contribution in [1.82, 2.24) is 10.3 Å². The molecular weight excluding hydrogens is 408 g/mol. The maximum atomic E-state index is 12.9. The highest BCUT2D eigenvalue weighted by Crippen LogP contribution is 2.39. The molecule has 0 bridgehead atoms. The molecule has 7 heteroatoms. The van der Waals surface area contributed by atoms with Gasteiger partial charge in [-0.2, -0.15) is 11.8 Å². The van der Waals surface area contributed by atoms with Crippen LogP contribution in [0.3, 0.4) is 0 Å². The molecule has 0 radical (unpaired) electrons. The second kappa shape index (κ2) is 9.54. The molecule has 1 aromatic rings. The SMILES string of the molecule is Cc1cc(C)c(CNC(=O)C2=CC(Cl)=CC(SC3CCC(O)CC3)C2C)c(=O)[nH]1. The Morgan fingerprint density at radius 2 is 2.00 bits per heavy atom. The number of aryl methyl sites for hydroxylation is 2. The molecule has 2 unspecified atom stereocenters. The minimum Gasteiger partial charge on any atom is -0.393 e. The zero-order chi connectivity index (χ0) is 21.1. The van der Waals surface area contributed by atoms with Gasteiger partial charge in [0.05, 0.1) is 6.10 Å². The van der Waals surface area contributed by atoms with E-state index in [0.29, 0.717) is 21.4 Å². The summed E-state index contributed by atoms with van der Waals surface area (Å²) in [5, 5.41) is 13.8.